The Morgan fingerprint density at radius 3 is 3.00 bits per heavy atom. The van der Waals surface area contributed by atoms with Crippen molar-refractivity contribution in [3.05, 3.63) is 0 Å². The number of nitrogens with one attached hydrogen (secondary N) is 2. The second kappa shape index (κ2) is 5.81. The molecule has 0 bridgehead atoms. The Labute approximate surface area is 95.5 Å². The van der Waals surface area contributed by atoms with Crippen LogP contribution in [0.2, 0.25) is 0 Å². The molecule has 0 radical (unpaired) electrons. The van der Waals surface area contributed by atoms with Crippen LogP contribution in [-0.4, -0.2) is 41.9 Å². The van der Waals surface area contributed by atoms with Gasteiger partial charge in [-0.3, -0.25) is 19.9 Å². The van der Waals surface area contributed by atoms with E-state index in [9.17, 15) is 9.59 Å². The van der Waals surface area contributed by atoms with Crippen LogP contribution in [0.3, 0.4) is 0 Å². The summed E-state index contributed by atoms with van der Waals surface area (Å²) in [5, 5.41) is 2.77. The van der Waals surface area contributed by atoms with Gasteiger partial charge < -0.3 is 5.32 Å². The number of carbonyl (C=O) groups is 2. The Kier molecular flexibility index (Phi) is 4.70. The molecule has 0 saturated carbocycles. The molecule has 4 N–H and O–H groups in total. The van der Waals surface area contributed by atoms with Crippen molar-refractivity contribution in [3.8, 4) is 0 Å². The van der Waals surface area contributed by atoms with Crippen LogP contribution in [0.5, 0.6) is 0 Å². The van der Waals surface area contributed by atoms with Gasteiger partial charge in [0.25, 0.3) is 5.91 Å². The second-order valence-corrected chi connectivity index (χ2v) is 4.02. The lowest BCUT2D eigenvalue weighted by atomic mass is 10.1. The molecule has 0 aliphatic carbocycles. The number of nitrogens with two attached hydrogens (primary N) is 1. The first kappa shape index (κ1) is 12.9. The smallest absolute Gasteiger partial charge is 0.251 e. The van der Waals surface area contributed by atoms with Crippen molar-refractivity contribution < 1.29 is 9.59 Å². The number of nitrogens with zero attached hydrogens (tertiary/aromatic N) is 1. The van der Waals surface area contributed by atoms with E-state index in [4.69, 9.17) is 5.84 Å². The van der Waals surface area contributed by atoms with Gasteiger partial charge >= 0.3 is 0 Å². The molecule has 2 amide bonds. The molecule has 2 atom stereocenters. The van der Waals surface area contributed by atoms with Gasteiger partial charge in [0.1, 0.15) is 0 Å². The minimum absolute atomic E-state index is 0.0304. The Hall–Kier alpha value is -1.14. The van der Waals surface area contributed by atoms with Gasteiger partial charge in [0.15, 0.2) is 0 Å². The zero-order valence-electron chi connectivity index (χ0n) is 9.82. The van der Waals surface area contributed by atoms with Crippen LogP contribution in [0.15, 0.2) is 0 Å². The quantitative estimate of drug-likeness (QED) is 0.326. The van der Waals surface area contributed by atoms with Crippen molar-refractivity contribution in [1.29, 1.82) is 0 Å². The molecule has 1 saturated heterocycles. The van der Waals surface area contributed by atoms with Crippen LogP contribution in [0.4, 0.5) is 0 Å². The SMILES string of the molecule is CCCC(C(=O)NN)N1CCNC(=O)C1C. The van der Waals surface area contributed by atoms with Crippen LogP contribution in [0.1, 0.15) is 26.7 Å². The summed E-state index contributed by atoms with van der Waals surface area (Å²) < 4.78 is 0. The van der Waals surface area contributed by atoms with E-state index in [1.807, 2.05) is 11.8 Å². The van der Waals surface area contributed by atoms with E-state index in [0.717, 1.165) is 6.42 Å². The fourth-order valence-corrected chi connectivity index (χ4v) is 2.04. The van der Waals surface area contributed by atoms with Crippen molar-refractivity contribution in [1.82, 2.24) is 15.6 Å². The normalized spacial score (nSPS) is 23.7. The number of carbonyl (C=O) groups excluding carboxylic acids is 2. The molecular weight excluding hydrogens is 208 g/mol. The maximum absolute atomic E-state index is 11.6. The number of piperazine rings is 1. The van der Waals surface area contributed by atoms with Gasteiger partial charge in [-0.2, -0.15) is 0 Å². The van der Waals surface area contributed by atoms with E-state index in [0.29, 0.717) is 19.5 Å². The third-order valence-corrected chi connectivity index (χ3v) is 2.95. The summed E-state index contributed by atoms with van der Waals surface area (Å²) in [6, 6.07) is -0.585. The van der Waals surface area contributed by atoms with Crippen molar-refractivity contribution in [2.75, 3.05) is 13.1 Å². The average molecular weight is 228 g/mol. The van der Waals surface area contributed by atoms with Crippen LogP contribution >= 0.6 is 0 Å². The topological polar surface area (TPSA) is 87.5 Å². The first-order valence-corrected chi connectivity index (χ1v) is 5.65. The maximum atomic E-state index is 11.6. The summed E-state index contributed by atoms with van der Waals surface area (Å²) in [5.74, 6) is 4.91. The van der Waals surface area contributed by atoms with E-state index >= 15 is 0 Å². The molecule has 0 aromatic heterocycles. The van der Waals surface area contributed by atoms with Crippen molar-refractivity contribution in [2.24, 2.45) is 5.84 Å². The van der Waals surface area contributed by atoms with Crippen LogP contribution < -0.4 is 16.6 Å². The molecule has 1 aliphatic rings. The first-order chi connectivity index (χ1) is 7.61. The summed E-state index contributed by atoms with van der Waals surface area (Å²) in [6.07, 6.45) is 1.59. The standard InChI is InChI=1S/C10H20N4O2/c1-3-4-8(10(16)13-11)14-6-5-12-9(15)7(14)2/h7-8H,3-6,11H2,1-2H3,(H,12,15)(H,13,16). The molecule has 0 aromatic rings. The molecule has 0 spiro atoms. The molecule has 92 valence electrons. The Bertz CT molecular complexity index is 270. The van der Waals surface area contributed by atoms with E-state index in [2.05, 4.69) is 10.7 Å². The van der Waals surface area contributed by atoms with Crippen molar-refractivity contribution in [2.45, 2.75) is 38.8 Å². The first-order valence-electron chi connectivity index (χ1n) is 5.65. The Balaban J connectivity index is 2.76. The number of hydrogen-bond acceptors (Lipinski definition) is 4. The molecule has 6 heteroatoms. The van der Waals surface area contributed by atoms with Gasteiger partial charge in [0.2, 0.25) is 5.91 Å². The van der Waals surface area contributed by atoms with E-state index in [1.54, 1.807) is 6.92 Å². The molecule has 6 nitrogen and oxygen atoms in total. The van der Waals surface area contributed by atoms with E-state index < -0.39 is 0 Å². The lowest BCUT2D eigenvalue weighted by Gasteiger charge is -2.37. The fourth-order valence-electron chi connectivity index (χ4n) is 2.04. The van der Waals surface area contributed by atoms with Gasteiger partial charge in [0, 0.05) is 13.1 Å². The largest absolute Gasteiger partial charge is 0.353 e. The average Bonchev–Trinajstić information content (AvgIpc) is 2.29. The summed E-state index contributed by atoms with van der Waals surface area (Å²) in [4.78, 5) is 25.1. The molecule has 2 unspecified atom stereocenters. The molecule has 1 fully saturated rings. The van der Waals surface area contributed by atoms with Crippen LogP contribution in [0, 0.1) is 0 Å². The van der Waals surface area contributed by atoms with E-state index in [1.165, 1.54) is 0 Å². The molecule has 0 aromatic carbocycles. The Morgan fingerprint density at radius 2 is 2.44 bits per heavy atom. The number of hydrogen-bond donors (Lipinski definition) is 3. The lowest BCUT2D eigenvalue weighted by molar-refractivity contribution is -0.135. The summed E-state index contributed by atoms with van der Waals surface area (Å²) >= 11 is 0. The van der Waals surface area contributed by atoms with Crippen molar-refractivity contribution in [3.63, 3.8) is 0 Å². The molecule has 1 rings (SSSR count). The monoisotopic (exact) mass is 228 g/mol. The molecular formula is C10H20N4O2. The number of rotatable bonds is 4. The third kappa shape index (κ3) is 2.70. The zero-order valence-corrected chi connectivity index (χ0v) is 9.82. The molecule has 1 heterocycles. The van der Waals surface area contributed by atoms with Crippen LogP contribution in [0.25, 0.3) is 0 Å². The molecule has 1 aliphatic heterocycles. The number of hydrazine groups is 1. The van der Waals surface area contributed by atoms with E-state index in [-0.39, 0.29) is 23.9 Å². The van der Waals surface area contributed by atoms with Gasteiger partial charge in [-0.15, -0.1) is 0 Å². The minimum atomic E-state index is -0.309. The number of amides is 2. The summed E-state index contributed by atoms with van der Waals surface area (Å²) in [6.45, 7) is 5.08. The van der Waals surface area contributed by atoms with Gasteiger partial charge in [-0.05, 0) is 13.3 Å². The lowest BCUT2D eigenvalue weighted by Crippen LogP contribution is -2.61. The fraction of sp³-hybridized carbons (Fsp3) is 0.800. The Morgan fingerprint density at radius 1 is 1.75 bits per heavy atom. The third-order valence-electron chi connectivity index (χ3n) is 2.95. The predicted octanol–water partition coefficient (Wildman–Crippen LogP) is -1.03. The second-order valence-electron chi connectivity index (χ2n) is 4.02. The summed E-state index contributed by atoms with van der Waals surface area (Å²) in [5.41, 5.74) is 2.17. The highest BCUT2D eigenvalue weighted by Crippen LogP contribution is 2.13. The highest BCUT2D eigenvalue weighted by atomic mass is 16.2. The maximum Gasteiger partial charge on any atom is 0.251 e. The highest BCUT2D eigenvalue weighted by molar-refractivity contribution is 5.85. The predicted molar refractivity (Wildman–Crippen MR) is 60.2 cm³/mol. The molecule has 16 heavy (non-hydrogen) atoms. The minimum Gasteiger partial charge on any atom is -0.353 e. The van der Waals surface area contributed by atoms with Gasteiger partial charge in [-0.1, -0.05) is 13.3 Å². The van der Waals surface area contributed by atoms with Gasteiger partial charge in [0.05, 0.1) is 12.1 Å². The van der Waals surface area contributed by atoms with Crippen LogP contribution in [-0.2, 0) is 9.59 Å². The zero-order chi connectivity index (χ0) is 12.1. The highest BCUT2D eigenvalue weighted by Gasteiger charge is 2.34. The van der Waals surface area contributed by atoms with Crippen molar-refractivity contribution >= 4 is 11.8 Å². The summed E-state index contributed by atoms with van der Waals surface area (Å²) in [7, 11) is 0. The van der Waals surface area contributed by atoms with Gasteiger partial charge in [-0.25, -0.2) is 5.84 Å².